The third-order valence-corrected chi connectivity index (χ3v) is 4.36. The van der Waals surface area contributed by atoms with E-state index in [1.165, 1.54) is 0 Å². The molecule has 0 saturated carbocycles. The summed E-state index contributed by atoms with van der Waals surface area (Å²) in [5.74, 6) is 0.571. The second-order valence-electron chi connectivity index (χ2n) is 6.10. The van der Waals surface area contributed by atoms with Crippen LogP contribution in [0, 0.1) is 11.3 Å². The Morgan fingerprint density at radius 3 is 2.35 bits per heavy atom. The Hall–Kier alpha value is -0.610. The zero-order valence-electron chi connectivity index (χ0n) is 14.2. The highest BCUT2D eigenvalue weighted by Crippen LogP contribution is 2.29. The first-order valence-electron chi connectivity index (χ1n) is 8.14. The minimum absolute atomic E-state index is 0.180. The van der Waals surface area contributed by atoms with Gasteiger partial charge in [0, 0.05) is 12.0 Å². The summed E-state index contributed by atoms with van der Waals surface area (Å²) in [7, 11) is 0. The Balaban J connectivity index is 4.15. The standard InChI is InChI=1S/C16H35N3O/c1-6-16(5,12-14(4)13-17)15(20)18-10-9-11-19(7-2)8-3/h14H,6-13,17H2,1-5H3,(H,18,20). The quantitative estimate of drug-likeness (QED) is 0.572. The van der Waals surface area contributed by atoms with Gasteiger partial charge in [0.25, 0.3) is 0 Å². The van der Waals surface area contributed by atoms with E-state index in [2.05, 4.69) is 44.8 Å². The van der Waals surface area contributed by atoms with E-state index in [0.29, 0.717) is 12.5 Å². The Morgan fingerprint density at radius 2 is 1.90 bits per heavy atom. The maximum atomic E-state index is 12.4. The van der Waals surface area contributed by atoms with Crippen LogP contribution in [-0.2, 0) is 4.79 Å². The van der Waals surface area contributed by atoms with E-state index in [1.807, 2.05) is 0 Å². The predicted molar refractivity (Wildman–Crippen MR) is 86.6 cm³/mol. The molecule has 0 spiro atoms. The van der Waals surface area contributed by atoms with Crippen LogP contribution in [0.2, 0.25) is 0 Å². The van der Waals surface area contributed by atoms with E-state index < -0.39 is 0 Å². The lowest BCUT2D eigenvalue weighted by molar-refractivity contribution is -0.131. The van der Waals surface area contributed by atoms with E-state index >= 15 is 0 Å². The van der Waals surface area contributed by atoms with Crippen LogP contribution in [0.5, 0.6) is 0 Å². The van der Waals surface area contributed by atoms with Gasteiger partial charge in [-0.3, -0.25) is 4.79 Å². The van der Waals surface area contributed by atoms with Gasteiger partial charge in [0.1, 0.15) is 0 Å². The molecule has 0 rings (SSSR count). The third-order valence-electron chi connectivity index (χ3n) is 4.36. The Kier molecular flexibility index (Phi) is 9.86. The van der Waals surface area contributed by atoms with Crippen molar-refractivity contribution in [1.29, 1.82) is 0 Å². The minimum Gasteiger partial charge on any atom is -0.356 e. The molecule has 0 aliphatic heterocycles. The lowest BCUT2D eigenvalue weighted by atomic mass is 9.78. The molecule has 4 heteroatoms. The fraction of sp³-hybridized carbons (Fsp3) is 0.938. The number of hydrogen-bond acceptors (Lipinski definition) is 3. The van der Waals surface area contributed by atoms with Crippen molar-refractivity contribution in [1.82, 2.24) is 10.2 Å². The van der Waals surface area contributed by atoms with Gasteiger partial charge in [0.15, 0.2) is 0 Å². The number of hydrogen-bond donors (Lipinski definition) is 2. The highest BCUT2D eigenvalue weighted by molar-refractivity contribution is 5.82. The number of nitrogens with two attached hydrogens (primary N) is 1. The molecule has 4 nitrogen and oxygen atoms in total. The van der Waals surface area contributed by atoms with Crippen molar-refractivity contribution < 1.29 is 4.79 Å². The minimum atomic E-state index is -0.284. The molecule has 0 bridgehead atoms. The normalized spacial score (nSPS) is 15.9. The van der Waals surface area contributed by atoms with Crippen LogP contribution in [0.4, 0.5) is 0 Å². The van der Waals surface area contributed by atoms with Crippen LogP contribution in [0.25, 0.3) is 0 Å². The fourth-order valence-electron chi connectivity index (χ4n) is 2.51. The Bertz CT molecular complexity index is 266. The van der Waals surface area contributed by atoms with Gasteiger partial charge in [-0.2, -0.15) is 0 Å². The van der Waals surface area contributed by atoms with E-state index in [9.17, 15) is 4.79 Å². The first-order valence-corrected chi connectivity index (χ1v) is 8.14. The maximum absolute atomic E-state index is 12.4. The van der Waals surface area contributed by atoms with E-state index in [-0.39, 0.29) is 11.3 Å². The van der Waals surface area contributed by atoms with Crippen molar-refractivity contribution in [3.05, 3.63) is 0 Å². The largest absolute Gasteiger partial charge is 0.356 e. The van der Waals surface area contributed by atoms with Gasteiger partial charge in [-0.05, 0) is 51.4 Å². The van der Waals surface area contributed by atoms with Crippen LogP contribution in [0.15, 0.2) is 0 Å². The maximum Gasteiger partial charge on any atom is 0.225 e. The van der Waals surface area contributed by atoms with Gasteiger partial charge < -0.3 is 16.0 Å². The van der Waals surface area contributed by atoms with Crippen LogP contribution in [0.1, 0.15) is 53.9 Å². The van der Waals surface area contributed by atoms with Gasteiger partial charge in [0.2, 0.25) is 5.91 Å². The molecule has 2 unspecified atom stereocenters. The molecule has 0 heterocycles. The van der Waals surface area contributed by atoms with Gasteiger partial charge >= 0.3 is 0 Å². The zero-order chi connectivity index (χ0) is 15.6. The molecule has 0 aromatic carbocycles. The zero-order valence-corrected chi connectivity index (χ0v) is 14.2. The van der Waals surface area contributed by atoms with E-state index in [0.717, 1.165) is 45.4 Å². The second kappa shape index (κ2) is 10.2. The molecular weight excluding hydrogens is 250 g/mol. The topological polar surface area (TPSA) is 58.4 Å². The van der Waals surface area contributed by atoms with E-state index in [1.54, 1.807) is 0 Å². The number of amides is 1. The molecule has 2 atom stereocenters. The average molecular weight is 285 g/mol. The van der Waals surface area contributed by atoms with E-state index in [4.69, 9.17) is 5.73 Å². The molecule has 3 N–H and O–H groups in total. The number of nitrogens with zero attached hydrogens (tertiary/aromatic N) is 1. The highest BCUT2D eigenvalue weighted by Gasteiger charge is 2.32. The summed E-state index contributed by atoms with van der Waals surface area (Å²) in [4.78, 5) is 14.7. The Labute approximate surface area is 125 Å². The van der Waals surface area contributed by atoms with Crippen LogP contribution >= 0.6 is 0 Å². The highest BCUT2D eigenvalue weighted by atomic mass is 16.2. The lowest BCUT2D eigenvalue weighted by Gasteiger charge is -2.29. The van der Waals surface area contributed by atoms with Crippen molar-refractivity contribution in [2.24, 2.45) is 17.1 Å². The number of rotatable bonds is 11. The second-order valence-corrected chi connectivity index (χ2v) is 6.10. The van der Waals surface area contributed by atoms with Gasteiger partial charge in [0.05, 0.1) is 0 Å². The molecule has 0 fully saturated rings. The van der Waals surface area contributed by atoms with Gasteiger partial charge in [-0.15, -0.1) is 0 Å². The summed E-state index contributed by atoms with van der Waals surface area (Å²) in [6.45, 7) is 15.2. The van der Waals surface area contributed by atoms with Crippen LogP contribution in [0.3, 0.4) is 0 Å². The molecule has 0 aliphatic rings. The lowest BCUT2D eigenvalue weighted by Crippen LogP contribution is -2.41. The van der Waals surface area contributed by atoms with Gasteiger partial charge in [-0.25, -0.2) is 0 Å². The van der Waals surface area contributed by atoms with Crippen LogP contribution in [-0.4, -0.2) is 43.5 Å². The predicted octanol–water partition coefficient (Wildman–Crippen LogP) is 2.24. The van der Waals surface area contributed by atoms with Crippen molar-refractivity contribution in [3.8, 4) is 0 Å². The Morgan fingerprint density at radius 1 is 1.30 bits per heavy atom. The van der Waals surface area contributed by atoms with Crippen molar-refractivity contribution in [2.75, 3.05) is 32.7 Å². The third kappa shape index (κ3) is 6.71. The number of carbonyl (C=O) groups excluding carboxylic acids is 1. The molecule has 0 aliphatic carbocycles. The molecule has 0 aromatic heterocycles. The van der Waals surface area contributed by atoms with Gasteiger partial charge in [-0.1, -0.05) is 34.6 Å². The smallest absolute Gasteiger partial charge is 0.225 e. The number of nitrogens with one attached hydrogen (secondary N) is 1. The van der Waals surface area contributed by atoms with Crippen molar-refractivity contribution >= 4 is 5.91 Å². The van der Waals surface area contributed by atoms with Crippen molar-refractivity contribution in [3.63, 3.8) is 0 Å². The SMILES string of the molecule is CCN(CC)CCCNC(=O)C(C)(CC)CC(C)CN. The fourth-order valence-corrected chi connectivity index (χ4v) is 2.51. The van der Waals surface area contributed by atoms with Crippen molar-refractivity contribution in [2.45, 2.75) is 53.9 Å². The molecule has 0 radical (unpaired) electrons. The monoisotopic (exact) mass is 285 g/mol. The summed E-state index contributed by atoms with van der Waals surface area (Å²) in [6, 6.07) is 0. The summed E-state index contributed by atoms with van der Waals surface area (Å²) >= 11 is 0. The molecule has 0 saturated heterocycles. The molecule has 120 valence electrons. The first-order chi connectivity index (χ1) is 9.43. The first kappa shape index (κ1) is 19.4. The summed E-state index contributed by atoms with van der Waals surface area (Å²) < 4.78 is 0. The molecule has 1 amide bonds. The average Bonchev–Trinajstić information content (AvgIpc) is 2.46. The summed E-state index contributed by atoms with van der Waals surface area (Å²) in [6.07, 6.45) is 2.74. The molecular formula is C16H35N3O. The summed E-state index contributed by atoms with van der Waals surface area (Å²) in [5, 5.41) is 3.10. The summed E-state index contributed by atoms with van der Waals surface area (Å²) in [5.41, 5.74) is 5.40. The molecule has 20 heavy (non-hydrogen) atoms. The number of carbonyl (C=O) groups is 1. The molecule has 0 aromatic rings. The van der Waals surface area contributed by atoms with Crippen LogP contribution < -0.4 is 11.1 Å².